The number of fused-ring (bicyclic) bond motifs is 1. The Bertz CT molecular complexity index is 1150. The van der Waals surface area contributed by atoms with Gasteiger partial charge in [0.2, 0.25) is 5.13 Å². The number of hydrazone groups is 1. The van der Waals surface area contributed by atoms with E-state index >= 15 is 0 Å². The Morgan fingerprint density at radius 3 is 2.86 bits per heavy atom. The van der Waals surface area contributed by atoms with Gasteiger partial charge < -0.3 is 9.47 Å². The van der Waals surface area contributed by atoms with Crippen LogP contribution in [0.4, 0.5) is 5.13 Å². The lowest BCUT2D eigenvalue weighted by Gasteiger charge is -2.12. The maximum absolute atomic E-state index is 6.07. The molecule has 0 fully saturated rings. The molecule has 0 saturated heterocycles. The highest BCUT2D eigenvalue weighted by atomic mass is 32.1. The Balaban J connectivity index is 1.50. The van der Waals surface area contributed by atoms with Gasteiger partial charge in [-0.25, -0.2) is 4.98 Å². The van der Waals surface area contributed by atoms with Crippen molar-refractivity contribution >= 4 is 33.6 Å². The lowest BCUT2D eigenvalue weighted by Crippen LogP contribution is -2.01. The number of methoxy groups -OCH3 is 1. The number of hydrogen-bond donors (Lipinski definition) is 1. The van der Waals surface area contributed by atoms with Crippen LogP contribution in [0.2, 0.25) is 0 Å². The molecule has 4 aromatic rings. The highest BCUT2D eigenvalue weighted by molar-refractivity contribution is 7.13. The number of rotatable bonds is 7. The lowest BCUT2D eigenvalue weighted by atomic mass is 10.1. The third-order valence-corrected chi connectivity index (χ3v) is 5.14. The monoisotopic (exact) mass is 404 g/mol. The van der Waals surface area contributed by atoms with Gasteiger partial charge in [-0.1, -0.05) is 18.2 Å². The normalized spacial score (nSPS) is 11.1. The van der Waals surface area contributed by atoms with Crippen molar-refractivity contribution in [2.24, 2.45) is 5.10 Å². The first-order valence-corrected chi connectivity index (χ1v) is 9.95. The average Bonchev–Trinajstić information content (AvgIpc) is 3.17. The van der Waals surface area contributed by atoms with Gasteiger partial charge in [0.25, 0.3) is 0 Å². The quantitative estimate of drug-likeness (QED) is 0.345. The largest absolute Gasteiger partial charge is 0.496 e. The Labute approximate surface area is 172 Å². The Morgan fingerprint density at radius 1 is 1.14 bits per heavy atom. The van der Waals surface area contributed by atoms with Gasteiger partial charge in [0.05, 0.1) is 19.0 Å². The summed E-state index contributed by atoms with van der Waals surface area (Å²) < 4.78 is 11.6. The molecule has 0 aliphatic rings. The van der Waals surface area contributed by atoms with Gasteiger partial charge >= 0.3 is 0 Å². The molecule has 6 nitrogen and oxygen atoms in total. The van der Waals surface area contributed by atoms with E-state index in [0.29, 0.717) is 6.61 Å². The van der Waals surface area contributed by atoms with Gasteiger partial charge in [-0.2, -0.15) is 5.10 Å². The van der Waals surface area contributed by atoms with Gasteiger partial charge in [0, 0.05) is 22.5 Å². The van der Waals surface area contributed by atoms with Crippen LogP contribution in [0.25, 0.3) is 10.9 Å². The first-order valence-electron chi connectivity index (χ1n) is 9.07. The predicted molar refractivity (Wildman–Crippen MR) is 117 cm³/mol. The molecule has 0 unspecified atom stereocenters. The smallest absolute Gasteiger partial charge is 0.203 e. The standard InChI is InChI=1S/C22H20N4O2S/c1-15-14-29-22(25-15)26-24-12-16-8-9-19(27-2)18(11-16)13-28-20-7-3-5-17-6-4-10-23-21(17)20/h3-12,14H,13H2,1-2H3,(H,25,26). The van der Waals surface area contributed by atoms with Crippen LogP contribution in [0, 0.1) is 6.92 Å². The molecule has 0 aliphatic heterocycles. The number of aryl methyl sites for hydroxylation is 1. The summed E-state index contributed by atoms with van der Waals surface area (Å²) in [6.07, 6.45) is 3.52. The number of ether oxygens (including phenoxy) is 2. The fraction of sp³-hybridized carbons (Fsp3) is 0.136. The van der Waals surface area contributed by atoms with E-state index in [0.717, 1.165) is 44.4 Å². The van der Waals surface area contributed by atoms with Crippen LogP contribution < -0.4 is 14.9 Å². The van der Waals surface area contributed by atoms with Crippen molar-refractivity contribution in [1.82, 2.24) is 9.97 Å². The van der Waals surface area contributed by atoms with Crippen LogP contribution in [0.3, 0.4) is 0 Å². The zero-order chi connectivity index (χ0) is 20.1. The van der Waals surface area contributed by atoms with Gasteiger partial charge in [0.1, 0.15) is 23.6 Å². The number of anilines is 1. The second-order valence-corrected chi connectivity index (χ2v) is 7.21. The summed E-state index contributed by atoms with van der Waals surface area (Å²) in [4.78, 5) is 8.76. The maximum atomic E-state index is 6.07. The van der Waals surface area contributed by atoms with E-state index in [9.17, 15) is 0 Å². The molecular formula is C22H20N4O2S. The molecule has 0 spiro atoms. The molecule has 29 heavy (non-hydrogen) atoms. The van der Waals surface area contributed by atoms with Gasteiger partial charge in [-0.15, -0.1) is 11.3 Å². The van der Waals surface area contributed by atoms with Crippen molar-refractivity contribution in [3.05, 3.63) is 76.9 Å². The van der Waals surface area contributed by atoms with Gasteiger partial charge in [0.15, 0.2) is 0 Å². The van der Waals surface area contributed by atoms with E-state index in [-0.39, 0.29) is 0 Å². The zero-order valence-electron chi connectivity index (χ0n) is 16.1. The molecule has 2 aromatic carbocycles. The van der Waals surface area contributed by atoms with Crippen molar-refractivity contribution in [2.45, 2.75) is 13.5 Å². The summed E-state index contributed by atoms with van der Waals surface area (Å²) in [6.45, 7) is 2.31. The van der Waals surface area contributed by atoms with Gasteiger partial charge in [-0.3, -0.25) is 10.4 Å². The van der Waals surface area contributed by atoms with E-state index in [4.69, 9.17) is 9.47 Å². The number of aromatic nitrogens is 2. The molecule has 0 bridgehead atoms. The number of hydrogen-bond acceptors (Lipinski definition) is 7. The zero-order valence-corrected chi connectivity index (χ0v) is 16.9. The van der Waals surface area contributed by atoms with Crippen LogP contribution in [-0.4, -0.2) is 23.3 Å². The van der Waals surface area contributed by atoms with Gasteiger partial charge in [-0.05, 0) is 42.8 Å². The molecule has 4 rings (SSSR count). The maximum Gasteiger partial charge on any atom is 0.203 e. The minimum absolute atomic E-state index is 0.361. The topological polar surface area (TPSA) is 68.6 Å². The number of benzene rings is 2. The Hall–Kier alpha value is -3.45. The van der Waals surface area contributed by atoms with E-state index in [1.54, 1.807) is 19.5 Å². The fourth-order valence-electron chi connectivity index (χ4n) is 2.91. The number of nitrogens with one attached hydrogen (secondary N) is 1. The number of para-hydroxylation sites is 1. The molecule has 0 radical (unpaired) electrons. The fourth-order valence-corrected chi connectivity index (χ4v) is 3.54. The average molecular weight is 404 g/mol. The minimum atomic E-state index is 0.361. The van der Waals surface area contributed by atoms with E-state index in [2.05, 4.69) is 20.5 Å². The van der Waals surface area contributed by atoms with E-state index < -0.39 is 0 Å². The SMILES string of the molecule is COc1ccc(C=NNc2nc(C)cs2)cc1COc1cccc2cccnc12. The number of nitrogens with zero attached hydrogens (tertiary/aromatic N) is 3. The highest BCUT2D eigenvalue weighted by Crippen LogP contribution is 2.26. The van der Waals surface area contributed by atoms with Crippen LogP contribution in [-0.2, 0) is 6.61 Å². The molecule has 7 heteroatoms. The molecule has 1 N–H and O–H groups in total. The molecule has 146 valence electrons. The van der Waals surface area contributed by atoms with Crippen molar-refractivity contribution in [1.29, 1.82) is 0 Å². The Kier molecular flexibility index (Phi) is 5.67. The van der Waals surface area contributed by atoms with Crippen LogP contribution >= 0.6 is 11.3 Å². The summed E-state index contributed by atoms with van der Waals surface area (Å²) in [6, 6.07) is 15.7. The summed E-state index contributed by atoms with van der Waals surface area (Å²) in [5.74, 6) is 1.50. The van der Waals surface area contributed by atoms with Crippen molar-refractivity contribution in [2.75, 3.05) is 12.5 Å². The van der Waals surface area contributed by atoms with Crippen molar-refractivity contribution in [3.8, 4) is 11.5 Å². The van der Waals surface area contributed by atoms with Crippen molar-refractivity contribution < 1.29 is 9.47 Å². The molecular weight excluding hydrogens is 384 g/mol. The summed E-state index contributed by atoms with van der Waals surface area (Å²) in [7, 11) is 1.65. The molecule has 2 heterocycles. The molecule has 0 amide bonds. The van der Waals surface area contributed by atoms with Crippen LogP contribution in [0.5, 0.6) is 11.5 Å². The second kappa shape index (κ2) is 8.70. The molecule has 0 atom stereocenters. The first kappa shape index (κ1) is 18.9. The highest BCUT2D eigenvalue weighted by Gasteiger charge is 2.08. The second-order valence-electron chi connectivity index (χ2n) is 6.36. The molecule has 2 aromatic heterocycles. The van der Waals surface area contributed by atoms with Crippen molar-refractivity contribution in [3.63, 3.8) is 0 Å². The first-order chi connectivity index (χ1) is 14.2. The van der Waals surface area contributed by atoms with Crippen LogP contribution in [0.15, 0.2) is 65.2 Å². The predicted octanol–water partition coefficient (Wildman–Crippen LogP) is 5.03. The minimum Gasteiger partial charge on any atom is -0.496 e. The molecule has 0 aliphatic carbocycles. The van der Waals surface area contributed by atoms with E-state index in [1.165, 1.54) is 11.3 Å². The lowest BCUT2D eigenvalue weighted by molar-refractivity contribution is 0.299. The molecule has 0 saturated carbocycles. The Morgan fingerprint density at radius 2 is 2.03 bits per heavy atom. The summed E-state index contributed by atoms with van der Waals surface area (Å²) >= 11 is 1.52. The summed E-state index contributed by atoms with van der Waals surface area (Å²) in [5, 5.41) is 8.04. The number of pyridine rings is 1. The third-order valence-electron chi connectivity index (χ3n) is 4.28. The third kappa shape index (κ3) is 4.52. The van der Waals surface area contributed by atoms with Crippen LogP contribution in [0.1, 0.15) is 16.8 Å². The van der Waals surface area contributed by atoms with E-state index in [1.807, 2.05) is 60.8 Å². The number of thiazole rings is 1. The summed E-state index contributed by atoms with van der Waals surface area (Å²) in [5.41, 5.74) is 6.62.